The van der Waals surface area contributed by atoms with E-state index in [0.29, 0.717) is 16.5 Å². The average Bonchev–Trinajstić information content (AvgIpc) is 3.35. The molecule has 0 radical (unpaired) electrons. The molecule has 28 heavy (non-hydrogen) atoms. The van der Waals surface area contributed by atoms with E-state index in [1.54, 1.807) is 36.4 Å². The molecule has 0 aliphatic carbocycles. The van der Waals surface area contributed by atoms with E-state index in [-0.39, 0.29) is 12.1 Å². The van der Waals surface area contributed by atoms with Gasteiger partial charge in [-0.25, -0.2) is 4.79 Å². The highest BCUT2D eigenvalue weighted by Crippen LogP contribution is 2.26. The van der Waals surface area contributed by atoms with E-state index in [4.69, 9.17) is 16.0 Å². The van der Waals surface area contributed by atoms with Crippen LogP contribution in [0.4, 0.5) is 4.79 Å². The van der Waals surface area contributed by atoms with Crippen LogP contribution in [0.15, 0.2) is 63.9 Å². The van der Waals surface area contributed by atoms with Crippen molar-refractivity contribution in [1.29, 1.82) is 0 Å². The molecule has 1 aromatic carbocycles. The maximum absolute atomic E-state index is 12.7. The summed E-state index contributed by atoms with van der Waals surface area (Å²) in [5.74, 6) is -0.513. The van der Waals surface area contributed by atoms with E-state index in [9.17, 15) is 14.4 Å². The molecule has 0 atom stereocenters. The van der Waals surface area contributed by atoms with E-state index in [2.05, 4.69) is 5.32 Å². The van der Waals surface area contributed by atoms with Crippen molar-refractivity contribution < 1.29 is 18.8 Å². The monoisotopic (exact) mass is 412 g/mol. The standard InChI is InChI=1S/C20H13ClN2O4S/c21-13-5-3-12(4-6-13)17-8-7-14(27-17)10-16-18(24)22-20(26)23(19(16)25)11-15-2-1-9-28-15/h1-10H,11H2,(H,22,24,26)/b16-10+. The van der Waals surface area contributed by atoms with Crippen molar-refractivity contribution in [3.63, 3.8) is 0 Å². The topological polar surface area (TPSA) is 79.6 Å². The Morgan fingerprint density at radius 3 is 2.57 bits per heavy atom. The second-order valence-electron chi connectivity index (χ2n) is 6.00. The highest BCUT2D eigenvalue weighted by Gasteiger charge is 2.36. The molecule has 1 aliphatic heterocycles. The molecule has 1 aliphatic rings. The number of hydrogen-bond donors (Lipinski definition) is 1. The Labute approximate surface area is 169 Å². The summed E-state index contributed by atoms with van der Waals surface area (Å²) in [6.07, 6.45) is 1.34. The first-order valence-corrected chi connectivity index (χ1v) is 9.54. The summed E-state index contributed by atoms with van der Waals surface area (Å²) >= 11 is 7.31. The van der Waals surface area contributed by atoms with Gasteiger partial charge in [-0.3, -0.25) is 19.8 Å². The second kappa shape index (κ2) is 7.46. The fourth-order valence-corrected chi connectivity index (χ4v) is 3.56. The van der Waals surface area contributed by atoms with Crippen LogP contribution in [-0.2, 0) is 16.1 Å². The zero-order chi connectivity index (χ0) is 19.7. The SMILES string of the molecule is O=C1NC(=O)N(Cc2cccs2)C(=O)/C1=C/c1ccc(-c2ccc(Cl)cc2)o1. The molecule has 4 rings (SSSR count). The Morgan fingerprint density at radius 2 is 1.86 bits per heavy atom. The molecular formula is C20H13ClN2O4S. The fraction of sp³-hybridized carbons (Fsp3) is 0.0500. The summed E-state index contributed by atoms with van der Waals surface area (Å²) in [6, 6.07) is 13.4. The van der Waals surface area contributed by atoms with Crippen LogP contribution >= 0.6 is 22.9 Å². The van der Waals surface area contributed by atoms with Gasteiger partial charge in [0.2, 0.25) is 0 Å². The molecule has 2 aromatic heterocycles. The van der Waals surface area contributed by atoms with Crippen molar-refractivity contribution in [1.82, 2.24) is 10.2 Å². The predicted octanol–water partition coefficient (Wildman–Crippen LogP) is 4.32. The number of barbiturate groups is 1. The Morgan fingerprint density at radius 1 is 1.07 bits per heavy atom. The fourth-order valence-electron chi connectivity index (χ4n) is 2.74. The molecule has 3 aromatic rings. The van der Waals surface area contributed by atoms with Crippen molar-refractivity contribution >= 4 is 46.9 Å². The summed E-state index contributed by atoms with van der Waals surface area (Å²) in [6.45, 7) is 0.0983. The smallest absolute Gasteiger partial charge is 0.331 e. The van der Waals surface area contributed by atoms with Crippen molar-refractivity contribution in [3.8, 4) is 11.3 Å². The van der Waals surface area contributed by atoms with Gasteiger partial charge >= 0.3 is 6.03 Å². The van der Waals surface area contributed by atoms with Crippen LogP contribution in [0.5, 0.6) is 0 Å². The zero-order valence-electron chi connectivity index (χ0n) is 14.3. The molecular weight excluding hydrogens is 400 g/mol. The van der Waals surface area contributed by atoms with Gasteiger partial charge < -0.3 is 4.42 Å². The molecule has 0 unspecified atom stereocenters. The van der Waals surface area contributed by atoms with Gasteiger partial charge in [0.15, 0.2) is 0 Å². The first kappa shape index (κ1) is 18.2. The number of hydrogen-bond acceptors (Lipinski definition) is 5. The van der Waals surface area contributed by atoms with Gasteiger partial charge in [0, 0.05) is 15.5 Å². The Bertz CT molecular complexity index is 1080. The third-order valence-corrected chi connectivity index (χ3v) is 5.24. The first-order chi connectivity index (χ1) is 13.5. The minimum atomic E-state index is -0.748. The van der Waals surface area contributed by atoms with Crippen LogP contribution in [0.25, 0.3) is 17.4 Å². The van der Waals surface area contributed by atoms with Gasteiger partial charge in [-0.05, 0) is 53.9 Å². The minimum absolute atomic E-state index is 0.0983. The van der Waals surface area contributed by atoms with E-state index in [0.717, 1.165) is 15.3 Å². The summed E-state index contributed by atoms with van der Waals surface area (Å²) < 4.78 is 5.72. The number of imide groups is 2. The van der Waals surface area contributed by atoms with Gasteiger partial charge in [-0.2, -0.15) is 0 Å². The minimum Gasteiger partial charge on any atom is -0.457 e. The maximum Gasteiger partial charge on any atom is 0.331 e. The number of amides is 4. The molecule has 140 valence electrons. The van der Waals surface area contributed by atoms with Gasteiger partial charge in [0.25, 0.3) is 11.8 Å². The van der Waals surface area contributed by atoms with Crippen molar-refractivity contribution in [2.45, 2.75) is 6.54 Å². The lowest BCUT2D eigenvalue weighted by molar-refractivity contribution is -0.130. The number of furan rings is 1. The molecule has 8 heteroatoms. The third kappa shape index (κ3) is 3.62. The van der Waals surface area contributed by atoms with Crippen molar-refractivity contribution in [2.24, 2.45) is 0 Å². The van der Waals surface area contributed by atoms with Crippen LogP contribution in [-0.4, -0.2) is 22.7 Å². The molecule has 1 N–H and O–H groups in total. The lowest BCUT2D eigenvalue weighted by atomic mass is 10.1. The molecule has 0 spiro atoms. The molecule has 1 saturated heterocycles. The summed E-state index contributed by atoms with van der Waals surface area (Å²) in [5, 5.41) is 4.66. The Kier molecular flexibility index (Phi) is 4.85. The molecule has 4 amide bonds. The number of halogens is 1. The summed E-state index contributed by atoms with van der Waals surface area (Å²) in [5.41, 5.74) is 0.649. The van der Waals surface area contributed by atoms with Crippen molar-refractivity contribution in [2.75, 3.05) is 0 Å². The highest BCUT2D eigenvalue weighted by molar-refractivity contribution is 7.09. The number of nitrogens with one attached hydrogen (secondary N) is 1. The van der Waals surface area contributed by atoms with E-state index >= 15 is 0 Å². The number of rotatable bonds is 4. The molecule has 1 fully saturated rings. The molecule has 0 saturated carbocycles. The number of benzene rings is 1. The zero-order valence-corrected chi connectivity index (χ0v) is 15.9. The molecule has 6 nitrogen and oxygen atoms in total. The van der Waals surface area contributed by atoms with Crippen LogP contribution in [0, 0.1) is 0 Å². The van der Waals surface area contributed by atoms with Gasteiger partial charge in [-0.1, -0.05) is 17.7 Å². The Balaban J connectivity index is 1.61. The van der Waals surface area contributed by atoms with Gasteiger partial charge in [-0.15, -0.1) is 11.3 Å². The molecule has 0 bridgehead atoms. The number of carbonyl (C=O) groups is 3. The predicted molar refractivity (Wildman–Crippen MR) is 106 cm³/mol. The van der Waals surface area contributed by atoms with Crippen molar-refractivity contribution in [3.05, 3.63) is 75.1 Å². The number of nitrogens with zero attached hydrogens (tertiary/aromatic N) is 1. The maximum atomic E-state index is 12.7. The lowest BCUT2D eigenvalue weighted by Gasteiger charge is -2.25. The second-order valence-corrected chi connectivity index (χ2v) is 7.47. The quantitative estimate of drug-likeness (QED) is 0.511. The van der Waals surface area contributed by atoms with Crippen LogP contribution in [0.2, 0.25) is 5.02 Å². The van der Waals surface area contributed by atoms with Crippen LogP contribution < -0.4 is 5.32 Å². The third-order valence-electron chi connectivity index (χ3n) is 4.12. The Hall–Kier alpha value is -3.16. The molecule has 3 heterocycles. The highest BCUT2D eigenvalue weighted by atomic mass is 35.5. The van der Waals surface area contributed by atoms with Crippen LogP contribution in [0.1, 0.15) is 10.6 Å². The number of carbonyl (C=O) groups excluding carboxylic acids is 3. The first-order valence-electron chi connectivity index (χ1n) is 8.28. The normalized spacial score (nSPS) is 16.0. The average molecular weight is 413 g/mol. The van der Waals surface area contributed by atoms with Crippen LogP contribution in [0.3, 0.4) is 0 Å². The van der Waals surface area contributed by atoms with E-state index < -0.39 is 17.8 Å². The van der Waals surface area contributed by atoms with Gasteiger partial charge in [0.05, 0.1) is 6.54 Å². The largest absolute Gasteiger partial charge is 0.457 e. The van der Waals surface area contributed by atoms with E-state index in [1.807, 2.05) is 17.5 Å². The van der Waals surface area contributed by atoms with Gasteiger partial charge in [0.1, 0.15) is 17.1 Å². The summed E-state index contributed by atoms with van der Waals surface area (Å²) in [7, 11) is 0. The lowest BCUT2D eigenvalue weighted by Crippen LogP contribution is -2.53. The number of thiophene rings is 1. The number of urea groups is 1. The van der Waals surface area contributed by atoms with E-state index in [1.165, 1.54) is 17.4 Å². The summed E-state index contributed by atoms with van der Waals surface area (Å²) in [4.78, 5) is 38.8.